The molecule has 17 heavy (non-hydrogen) atoms. The van der Waals surface area contributed by atoms with Crippen LogP contribution in [0.5, 0.6) is 0 Å². The van der Waals surface area contributed by atoms with E-state index < -0.39 is 0 Å². The van der Waals surface area contributed by atoms with Crippen molar-refractivity contribution in [3.63, 3.8) is 0 Å². The molecule has 2 rings (SSSR count). The Kier molecular flexibility index (Phi) is 7.04. The maximum absolute atomic E-state index is 4.46. The van der Waals surface area contributed by atoms with Crippen molar-refractivity contribution in [3.8, 4) is 0 Å². The Morgan fingerprint density at radius 3 is 3.12 bits per heavy atom. The van der Waals surface area contributed by atoms with Gasteiger partial charge in [-0.05, 0) is 45.3 Å². The smallest absolute Gasteiger partial charge is 0.0897 e. The predicted octanol–water partition coefficient (Wildman–Crippen LogP) is 2.01. The summed E-state index contributed by atoms with van der Waals surface area (Å²) in [6.45, 7) is 6.66. The molecule has 3 nitrogen and oxygen atoms in total. The minimum absolute atomic E-state index is 0. The molecule has 0 spiro atoms. The summed E-state index contributed by atoms with van der Waals surface area (Å²) in [5.41, 5.74) is 1.23. The van der Waals surface area contributed by atoms with Crippen LogP contribution in [0.1, 0.15) is 23.5 Å². The highest BCUT2D eigenvalue weighted by molar-refractivity contribution is 7.09. The van der Waals surface area contributed by atoms with Crippen LogP contribution in [0.3, 0.4) is 0 Å². The first-order chi connectivity index (χ1) is 7.84. The average molecular weight is 276 g/mol. The summed E-state index contributed by atoms with van der Waals surface area (Å²) in [6.07, 6.45) is 3.76. The van der Waals surface area contributed by atoms with Gasteiger partial charge in [0, 0.05) is 18.3 Å². The normalized spacial score (nSPS) is 19.9. The number of nitrogens with one attached hydrogen (secondary N) is 2. The van der Waals surface area contributed by atoms with Crippen molar-refractivity contribution >= 4 is 23.7 Å². The zero-order valence-corrected chi connectivity index (χ0v) is 12.0. The van der Waals surface area contributed by atoms with Crippen LogP contribution in [-0.2, 0) is 6.42 Å². The van der Waals surface area contributed by atoms with E-state index in [1.54, 1.807) is 11.3 Å². The van der Waals surface area contributed by atoms with Crippen LogP contribution in [0.25, 0.3) is 0 Å². The third-order valence-electron chi connectivity index (χ3n) is 3.06. The predicted molar refractivity (Wildman–Crippen MR) is 76.3 cm³/mol. The molecule has 1 aromatic heterocycles. The Bertz CT molecular complexity index is 310. The highest BCUT2D eigenvalue weighted by Crippen LogP contribution is 2.09. The van der Waals surface area contributed by atoms with Gasteiger partial charge < -0.3 is 10.6 Å². The first-order valence-electron chi connectivity index (χ1n) is 6.17. The van der Waals surface area contributed by atoms with E-state index in [4.69, 9.17) is 0 Å². The Morgan fingerprint density at radius 1 is 1.59 bits per heavy atom. The molecule has 98 valence electrons. The van der Waals surface area contributed by atoms with Crippen molar-refractivity contribution in [3.05, 3.63) is 16.1 Å². The molecule has 1 aliphatic rings. The Balaban J connectivity index is 0.00000144. The summed E-state index contributed by atoms with van der Waals surface area (Å²) in [5.74, 6) is 0.825. The van der Waals surface area contributed by atoms with Crippen LogP contribution < -0.4 is 10.6 Å². The van der Waals surface area contributed by atoms with Gasteiger partial charge in [0.05, 0.1) is 10.7 Å². The molecule has 0 amide bonds. The number of hydrogen-bond acceptors (Lipinski definition) is 4. The van der Waals surface area contributed by atoms with Gasteiger partial charge in [-0.3, -0.25) is 0 Å². The summed E-state index contributed by atoms with van der Waals surface area (Å²) in [7, 11) is 0. The van der Waals surface area contributed by atoms with E-state index in [0.29, 0.717) is 0 Å². The number of nitrogens with zero attached hydrogens (tertiary/aromatic N) is 1. The van der Waals surface area contributed by atoms with E-state index in [0.717, 1.165) is 25.4 Å². The second-order valence-corrected chi connectivity index (χ2v) is 5.59. The van der Waals surface area contributed by atoms with Crippen LogP contribution in [0.15, 0.2) is 5.38 Å². The molecule has 0 aliphatic carbocycles. The molecule has 2 heterocycles. The fourth-order valence-electron chi connectivity index (χ4n) is 2.14. The van der Waals surface area contributed by atoms with E-state index >= 15 is 0 Å². The lowest BCUT2D eigenvalue weighted by atomic mass is 10.00. The van der Waals surface area contributed by atoms with Gasteiger partial charge in [0.15, 0.2) is 0 Å². The summed E-state index contributed by atoms with van der Waals surface area (Å²) >= 11 is 1.74. The van der Waals surface area contributed by atoms with Gasteiger partial charge in [-0.15, -0.1) is 23.7 Å². The zero-order chi connectivity index (χ0) is 11.2. The van der Waals surface area contributed by atoms with Crippen molar-refractivity contribution in [2.75, 3.05) is 26.2 Å². The van der Waals surface area contributed by atoms with Crippen LogP contribution >= 0.6 is 23.7 Å². The Labute approximate surface area is 114 Å². The van der Waals surface area contributed by atoms with Crippen LogP contribution in [0.4, 0.5) is 0 Å². The number of halogens is 1. The lowest BCUT2D eigenvalue weighted by Gasteiger charge is -2.22. The van der Waals surface area contributed by atoms with Gasteiger partial charge >= 0.3 is 0 Å². The molecule has 1 atom stereocenters. The first kappa shape index (κ1) is 14.9. The molecule has 1 unspecified atom stereocenters. The number of piperidine rings is 1. The minimum atomic E-state index is 0. The molecule has 5 heteroatoms. The second kappa shape index (κ2) is 8.03. The maximum Gasteiger partial charge on any atom is 0.0897 e. The summed E-state index contributed by atoms with van der Waals surface area (Å²) in [6, 6.07) is 0. The van der Waals surface area contributed by atoms with Crippen molar-refractivity contribution < 1.29 is 0 Å². The quantitative estimate of drug-likeness (QED) is 0.807. The molecular formula is C12H22ClN3S. The minimum Gasteiger partial charge on any atom is -0.316 e. The number of thiazole rings is 1. The third-order valence-corrected chi connectivity index (χ3v) is 3.88. The van der Waals surface area contributed by atoms with E-state index in [9.17, 15) is 0 Å². The van der Waals surface area contributed by atoms with Gasteiger partial charge in [0.25, 0.3) is 0 Å². The zero-order valence-electron chi connectivity index (χ0n) is 10.4. The largest absolute Gasteiger partial charge is 0.316 e. The maximum atomic E-state index is 4.46. The van der Waals surface area contributed by atoms with Crippen molar-refractivity contribution in [2.45, 2.75) is 26.2 Å². The molecule has 0 saturated carbocycles. The van der Waals surface area contributed by atoms with E-state index in [2.05, 4.69) is 27.9 Å². The second-order valence-electron chi connectivity index (χ2n) is 4.52. The van der Waals surface area contributed by atoms with E-state index in [1.165, 1.54) is 36.6 Å². The van der Waals surface area contributed by atoms with Gasteiger partial charge in [-0.25, -0.2) is 4.98 Å². The molecular weight excluding hydrogens is 254 g/mol. The Hall–Kier alpha value is -0.160. The number of aromatic nitrogens is 1. The molecule has 0 radical (unpaired) electrons. The fraction of sp³-hybridized carbons (Fsp3) is 0.750. The summed E-state index contributed by atoms with van der Waals surface area (Å²) < 4.78 is 0. The molecule has 1 fully saturated rings. The number of rotatable bonds is 5. The fourth-order valence-corrected chi connectivity index (χ4v) is 2.79. The lowest BCUT2D eigenvalue weighted by Crippen LogP contribution is -2.36. The van der Waals surface area contributed by atoms with Crippen LogP contribution in [0.2, 0.25) is 0 Å². The van der Waals surface area contributed by atoms with Crippen molar-refractivity contribution in [2.24, 2.45) is 5.92 Å². The highest BCUT2D eigenvalue weighted by atomic mass is 35.5. The SMILES string of the molecule is Cc1nc(CCNCC2CCCNC2)cs1.Cl. The van der Waals surface area contributed by atoms with Gasteiger partial charge in [-0.2, -0.15) is 0 Å². The van der Waals surface area contributed by atoms with Crippen molar-refractivity contribution in [1.82, 2.24) is 15.6 Å². The molecule has 0 bridgehead atoms. The first-order valence-corrected chi connectivity index (χ1v) is 7.05. The number of hydrogen-bond donors (Lipinski definition) is 2. The monoisotopic (exact) mass is 275 g/mol. The topological polar surface area (TPSA) is 37.0 Å². The molecule has 0 aromatic carbocycles. The summed E-state index contributed by atoms with van der Waals surface area (Å²) in [5, 5.41) is 10.3. The van der Waals surface area contributed by atoms with Gasteiger partial charge in [0.2, 0.25) is 0 Å². The highest BCUT2D eigenvalue weighted by Gasteiger charge is 2.11. The molecule has 2 N–H and O–H groups in total. The van der Waals surface area contributed by atoms with Gasteiger partial charge in [-0.1, -0.05) is 0 Å². The van der Waals surface area contributed by atoms with E-state index in [-0.39, 0.29) is 12.4 Å². The molecule has 1 aliphatic heterocycles. The standard InChI is InChI=1S/C12H21N3S.ClH/c1-10-15-12(9-16-10)4-6-14-8-11-3-2-5-13-7-11;/h9,11,13-14H,2-8H2,1H3;1H. The molecule has 1 saturated heterocycles. The average Bonchev–Trinajstić information content (AvgIpc) is 2.72. The van der Waals surface area contributed by atoms with Crippen LogP contribution in [0, 0.1) is 12.8 Å². The van der Waals surface area contributed by atoms with E-state index in [1.807, 2.05) is 0 Å². The lowest BCUT2D eigenvalue weighted by molar-refractivity contribution is 0.361. The molecule has 1 aromatic rings. The van der Waals surface area contributed by atoms with Crippen LogP contribution in [-0.4, -0.2) is 31.2 Å². The van der Waals surface area contributed by atoms with Crippen molar-refractivity contribution in [1.29, 1.82) is 0 Å². The van der Waals surface area contributed by atoms with Gasteiger partial charge in [0.1, 0.15) is 0 Å². The number of aryl methyl sites for hydroxylation is 1. The summed E-state index contributed by atoms with van der Waals surface area (Å²) in [4.78, 5) is 4.46. The third kappa shape index (κ3) is 5.34. The Morgan fingerprint density at radius 2 is 2.47 bits per heavy atom.